The van der Waals surface area contributed by atoms with Crippen molar-refractivity contribution >= 4 is 16.9 Å². The summed E-state index contributed by atoms with van der Waals surface area (Å²) >= 11 is 0. The zero-order chi connectivity index (χ0) is 14.8. The van der Waals surface area contributed by atoms with E-state index in [-0.39, 0.29) is 5.91 Å². The molecule has 3 N–H and O–H groups in total. The molecule has 108 valence electrons. The molecule has 0 bridgehead atoms. The van der Waals surface area contributed by atoms with Gasteiger partial charge in [0.25, 0.3) is 5.91 Å². The fourth-order valence-corrected chi connectivity index (χ4v) is 2.53. The van der Waals surface area contributed by atoms with E-state index < -0.39 is 0 Å². The summed E-state index contributed by atoms with van der Waals surface area (Å²) in [5, 5.41) is 2.95. The fourth-order valence-electron chi connectivity index (χ4n) is 2.53. The zero-order valence-electron chi connectivity index (χ0n) is 12.2. The maximum atomic E-state index is 12.1. The topological polar surface area (TPSA) is 73.6 Å². The third kappa shape index (κ3) is 2.81. The van der Waals surface area contributed by atoms with Crippen molar-refractivity contribution in [2.75, 3.05) is 6.54 Å². The number of nitrogens with zero attached hydrogens (tertiary/aromatic N) is 1. The number of carbonyl (C=O) groups excluding carboxylic acids is 1. The highest BCUT2D eigenvalue weighted by atomic mass is 16.1. The Labute approximate surface area is 122 Å². The second-order valence-corrected chi connectivity index (χ2v) is 5.24. The van der Waals surface area contributed by atoms with Crippen LogP contribution in [0.1, 0.15) is 27.3 Å². The molecule has 0 atom stereocenters. The number of carbonyl (C=O) groups is 1. The number of nitrogens with one attached hydrogen (secondary N) is 3. The Balaban J connectivity index is 1.62. The Morgan fingerprint density at radius 2 is 2.14 bits per heavy atom. The molecule has 1 aromatic carbocycles. The average molecular weight is 282 g/mol. The number of aryl methyl sites for hydroxylation is 2. The van der Waals surface area contributed by atoms with E-state index in [1.165, 1.54) is 11.3 Å². The van der Waals surface area contributed by atoms with Crippen molar-refractivity contribution in [3.05, 3.63) is 53.1 Å². The molecule has 5 nitrogen and oxygen atoms in total. The van der Waals surface area contributed by atoms with Gasteiger partial charge in [-0.15, -0.1) is 0 Å². The minimum atomic E-state index is -0.0589. The summed E-state index contributed by atoms with van der Waals surface area (Å²) in [5.41, 5.74) is 5.95. The van der Waals surface area contributed by atoms with Gasteiger partial charge >= 0.3 is 0 Å². The van der Waals surface area contributed by atoms with Gasteiger partial charge in [-0.25, -0.2) is 4.98 Å². The smallest absolute Gasteiger partial charge is 0.251 e. The molecule has 2 heterocycles. The quantitative estimate of drug-likeness (QED) is 0.687. The van der Waals surface area contributed by atoms with Gasteiger partial charge in [-0.3, -0.25) is 4.79 Å². The van der Waals surface area contributed by atoms with E-state index in [9.17, 15) is 4.79 Å². The SMILES string of the molecule is Cc1cc(CCNC(=O)c2ccc3nc[nH]c3c2)c(C)[nH]1. The predicted octanol–water partition coefficient (Wildman–Crippen LogP) is 2.48. The van der Waals surface area contributed by atoms with Gasteiger partial charge in [0, 0.05) is 23.5 Å². The lowest BCUT2D eigenvalue weighted by Crippen LogP contribution is -2.25. The second-order valence-electron chi connectivity index (χ2n) is 5.24. The number of H-pyrrole nitrogens is 2. The molecule has 0 saturated heterocycles. The Hall–Kier alpha value is -2.56. The van der Waals surface area contributed by atoms with Crippen LogP contribution in [0.4, 0.5) is 0 Å². The van der Waals surface area contributed by atoms with Gasteiger partial charge in [0.2, 0.25) is 0 Å². The van der Waals surface area contributed by atoms with Gasteiger partial charge in [0.15, 0.2) is 0 Å². The van der Waals surface area contributed by atoms with Gasteiger partial charge in [-0.05, 0) is 50.1 Å². The summed E-state index contributed by atoms with van der Waals surface area (Å²) < 4.78 is 0. The number of aromatic amines is 2. The highest BCUT2D eigenvalue weighted by Crippen LogP contribution is 2.12. The van der Waals surface area contributed by atoms with Crippen LogP contribution in [0.25, 0.3) is 11.0 Å². The van der Waals surface area contributed by atoms with Crippen molar-refractivity contribution in [2.24, 2.45) is 0 Å². The largest absolute Gasteiger partial charge is 0.362 e. The van der Waals surface area contributed by atoms with Crippen LogP contribution >= 0.6 is 0 Å². The summed E-state index contributed by atoms with van der Waals surface area (Å²) in [6.07, 6.45) is 2.46. The first-order chi connectivity index (χ1) is 10.1. The van der Waals surface area contributed by atoms with Crippen LogP contribution in [-0.2, 0) is 6.42 Å². The number of aromatic nitrogens is 3. The molecule has 0 saturated carbocycles. The van der Waals surface area contributed by atoms with Crippen LogP contribution in [0.5, 0.6) is 0 Å². The van der Waals surface area contributed by atoms with Crippen LogP contribution < -0.4 is 5.32 Å². The fraction of sp³-hybridized carbons (Fsp3) is 0.250. The number of fused-ring (bicyclic) bond motifs is 1. The summed E-state index contributed by atoms with van der Waals surface area (Å²) in [6, 6.07) is 7.59. The standard InChI is InChI=1S/C16H18N4O/c1-10-7-12(11(2)20-10)5-6-17-16(21)13-3-4-14-15(8-13)19-9-18-14/h3-4,7-9,20H,5-6H2,1-2H3,(H,17,21)(H,18,19). The normalized spacial score (nSPS) is 11.0. The third-order valence-electron chi connectivity index (χ3n) is 3.62. The lowest BCUT2D eigenvalue weighted by atomic mass is 10.1. The van der Waals surface area contributed by atoms with Crippen LogP contribution in [0.3, 0.4) is 0 Å². The molecule has 2 aromatic heterocycles. The van der Waals surface area contributed by atoms with Crippen LogP contribution in [-0.4, -0.2) is 27.4 Å². The molecule has 5 heteroatoms. The zero-order valence-corrected chi connectivity index (χ0v) is 12.2. The molecular formula is C16H18N4O. The molecular weight excluding hydrogens is 264 g/mol. The van der Waals surface area contributed by atoms with E-state index in [0.717, 1.165) is 23.1 Å². The summed E-state index contributed by atoms with van der Waals surface area (Å²) in [4.78, 5) is 22.6. The minimum absolute atomic E-state index is 0.0589. The van der Waals surface area contributed by atoms with Gasteiger partial charge in [-0.1, -0.05) is 0 Å². The predicted molar refractivity (Wildman–Crippen MR) is 82.4 cm³/mol. The molecule has 0 spiro atoms. The molecule has 0 aliphatic rings. The number of benzene rings is 1. The molecule has 3 rings (SSSR count). The van der Waals surface area contributed by atoms with E-state index in [1.54, 1.807) is 12.4 Å². The third-order valence-corrected chi connectivity index (χ3v) is 3.62. The highest BCUT2D eigenvalue weighted by molar-refractivity contribution is 5.97. The summed E-state index contributed by atoms with van der Waals surface area (Å²) in [6.45, 7) is 4.71. The van der Waals surface area contributed by atoms with E-state index in [4.69, 9.17) is 0 Å². The number of hydrogen-bond acceptors (Lipinski definition) is 2. The molecule has 21 heavy (non-hydrogen) atoms. The Bertz CT molecular complexity index is 785. The Morgan fingerprint density at radius 1 is 1.29 bits per heavy atom. The Morgan fingerprint density at radius 3 is 2.90 bits per heavy atom. The van der Waals surface area contributed by atoms with Gasteiger partial charge in [-0.2, -0.15) is 0 Å². The van der Waals surface area contributed by atoms with Gasteiger partial charge < -0.3 is 15.3 Å². The molecule has 1 amide bonds. The minimum Gasteiger partial charge on any atom is -0.362 e. The van der Waals surface area contributed by atoms with E-state index in [2.05, 4.69) is 33.3 Å². The molecule has 3 aromatic rings. The molecule has 0 fully saturated rings. The first-order valence-corrected chi connectivity index (χ1v) is 7.00. The van der Waals surface area contributed by atoms with Crippen molar-refractivity contribution in [1.82, 2.24) is 20.3 Å². The van der Waals surface area contributed by atoms with Crippen molar-refractivity contribution in [2.45, 2.75) is 20.3 Å². The first kappa shape index (κ1) is 13.4. The molecule has 0 aliphatic carbocycles. The number of imidazole rings is 1. The monoisotopic (exact) mass is 282 g/mol. The summed E-state index contributed by atoms with van der Waals surface area (Å²) in [7, 11) is 0. The van der Waals surface area contributed by atoms with Crippen molar-refractivity contribution < 1.29 is 4.79 Å². The van der Waals surface area contributed by atoms with Crippen molar-refractivity contribution in [3.63, 3.8) is 0 Å². The molecule has 0 aliphatic heterocycles. The first-order valence-electron chi connectivity index (χ1n) is 7.00. The number of amides is 1. The maximum absolute atomic E-state index is 12.1. The van der Waals surface area contributed by atoms with E-state index in [1.807, 2.05) is 19.1 Å². The second kappa shape index (κ2) is 5.44. The van der Waals surface area contributed by atoms with E-state index >= 15 is 0 Å². The lowest BCUT2D eigenvalue weighted by Gasteiger charge is -2.05. The maximum Gasteiger partial charge on any atom is 0.251 e. The highest BCUT2D eigenvalue weighted by Gasteiger charge is 2.08. The number of hydrogen-bond donors (Lipinski definition) is 3. The van der Waals surface area contributed by atoms with Crippen LogP contribution in [0, 0.1) is 13.8 Å². The van der Waals surface area contributed by atoms with Gasteiger partial charge in [0.1, 0.15) is 0 Å². The van der Waals surface area contributed by atoms with Gasteiger partial charge in [0.05, 0.1) is 17.4 Å². The van der Waals surface area contributed by atoms with Crippen molar-refractivity contribution in [1.29, 1.82) is 0 Å². The van der Waals surface area contributed by atoms with E-state index in [0.29, 0.717) is 12.1 Å². The molecule has 0 radical (unpaired) electrons. The van der Waals surface area contributed by atoms with Crippen molar-refractivity contribution in [3.8, 4) is 0 Å². The molecule has 0 unspecified atom stereocenters. The summed E-state index contributed by atoms with van der Waals surface area (Å²) in [5.74, 6) is -0.0589. The number of rotatable bonds is 4. The van der Waals surface area contributed by atoms with Crippen LogP contribution in [0.15, 0.2) is 30.6 Å². The lowest BCUT2D eigenvalue weighted by molar-refractivity contribution is 0.0954. The van der Waals surface area contributed by atoms with Crippen LogP contribution in [0.2, 0.25) is 0 Å². The average Bonchev–Trinajstić information content (AvgIpc) is 3.04. The Kier molecular flexibility index (Phi) is 3.48.